The molecule has 0 unspecified atom stereocenters. The number of hydrogen-bond donors (Lipinski definition) is 1. The van der Waals surface area contributed by atoms with Crippen molar-refractivity contribution in [1.29, 1.82) is 0 Å². The minimum atomic E-state index is 0.551. The van der Waals surface area contributed by atoms with Crippen LogP contribution in [0, 0.1) is 6.92 Å². The molecule has 0 saturated heterocycles. The van der Waals surface area contributed by atoms with E-state index in [0.29, 0.717) is 10.0 Å². The molecule has 1 aromatic carbocycles. The molecule has 100 valence electrons. The first-order valence-electron chi connectivity index (χ1n) is 6.24. The second-order valence-electron chi connectivity index (χ2n) is 4.35. The predicted molar refractivity (Wildman–Crippen MR) is 81.8 cm³/mol. The van der Waals surface area contributed by atoms with Crippen LogP contribution < -0.4 is 5.32 Å². The Hall–Kier alpha value is -1.09. The van der Waals surface area contributed by atoms with Gasteiger partial charge in [-0.1, -0.05) is 42.3 Å². The van der Waals surface area contributed by atoms with E-state index in [-0.39, 0.29) is 0 Å². The van der Waals surface area contributed by atoms with Gasteiger partial charge in [0.15, 0.2) is 0 Å². The van der Waals surface area contributed by atoms with E-state index in [9.17, 15) is 0 Å². The van der Waals surface area contributed by atoms with Crippen molar-refractivity contribution in [2.24, 2.45) is 0 Å². The second-order valence-corrected chi connectivity index (χ2v) is 5.16. The number of aryl methyl sites for hydroxylation is 1. The monoisotopic (exact) mass is 294 g/mol. The summed E-state index contributed by atoms with van der Waals surface area (Å²) in [6, 6.07) is 9.68. The van der Waals surface area contributed by atoms with Crippen molar-refractivity contribution in [2.75, 3.05) is 6.54 Å². The first-order valence-corrected chi connectivity index (χ1v) is 7.00. The van der Waals surface area contributed by atoms with E-state index in [0.717, 1.165) is 30.0 Å². The highest BCUT2D eigenvalue weighted by Crippen LogP contribution is 2.28. The van der Waals surface area contributed by atoms with E-state index in [4.69, 9.17) is 23.2 Å². The third-order valence-corrected chi connectivity index (χ3v) is 3.72. The van der Waals surface area contributed by atoms with Crippen molar-refractivity contribution in [3.63, 3.8) is 0 Å². The van der Waals surface area contributed by atoms with Crippen LogP contribution in [0.4, 0.5) is 0 Å². The molecule has 0 atom stereocenters. The van der Waals surface area contributed by atoms with Gasteiger partial charge in [0.25, 0.3) is 0 Å². The molecule has 1 N–H and O–H groups in total. The van der Waals surface area contributed by atoms with Gasteiger partial charge in [-0.3, -0.25) is 4.98 Å². The zero-order valence-electron chi connectivity index (χ0n) is 11.0. The lowest BCUT2D eigenvalue weighted by molar-refractivity contribution is 0.720. The highest BCUT2D eigenvalue weighted by molar-refractivity contribution is 6.42. The molecular weight excluding hydrogens is 279 g/mol. The smallest absolute Gasteiger partial charge is 0.0705 e. The quantitative estimate of drug-likeness (QED) is 0.900. The molecule has 2 rings (SSSR count). The fourth-order valence-corrected chi connectivity index (χ4v) is 2.15. The number of nitrogens with one attached hydrogen (secondary N) is 1. The third-order valence-electron chi connectivity index (χ3n) is 2.98. The van der Waals surface area contributed by atoms with Crippen molar-refractivity contribution in [2.45, 2.75) is 20.4 Å². The van der Waals surface area contributed by atoms with Gasteiger partial charge in [-0.05, 0) is 37.2 Å². The fraction of sp³-hybridized carbons (Fsp3) is 0.267. The van der Waals surface area contributed by atoms with Crippen molar-refractivity contribution < 1.29 is 0 Å². The number of nitrogens with zero attached hydrogens (tertiary/aromatic N) is 1. The van der Waals surface area contributed by atoms with E-state index in [2.05, 4.69) is 23.3 Å². The van der Waals surface area contributed by atoms with Crippen LogP contribution in [0.5, 0.6) is 0 Å². The van der Waals surface area contributed by atoms with Crippen molar-refractivity contribution in [3.8, 4) is 11.3 Å². The first-order chi connectivity index (χ1) is 9.11. The third kappa shape index (κ3) is 3.47. The van der Waals surface area contributed by atoms with Gasteiger partial charge in [0.05, 0.1) is 15.7 Å². The number of halogens is 2. The normalized spacial score (nSPS) is 10.7. The number of aromatic nitrogens is 1. The summed E-state index contributed by atoms with van der Waals surface area (Å²) < 4.78 is 0. The topological polar surface area (TPSA) is 24.9 Å². The van der Waals surface area contributed by atoms with Crippen molar-refractivity contribution in [1.82, 2.24) is 10.3 Å². The Kier molecular flexibility index (Phi) is 4.81. The highest BCUT2D eigenvalue weighted by atomic mass is 35.5. The summed E-state index contributed by atoms with van der Waals surface area (Å²) in [5.74, 6) is 0. The number of benzene rings is 1. The van der Waals surface area contributed by atoms with Crippen LogP contribution in [0.1, 0.15) is 18.2 Å². The summed E-state index contributed by atoms with van der Waals surface area (Å²) in [6.45, 7) is 5.91. The molecule has 0 fully saturated rings. The Morgan fingerprint density at radius 1 is 1.11 bits per heavy atom. The van der Waals surface area contributed by atoms with E-state index < -0.39 is 0 Å². The number of pyridine rings is 1. The molecule has 2 nitrogen and oxygen atoms in total. The van der Waals surface area contributed by atoms with E-state index in [1.54, 1.807) is 6.07 Å². The predicted octanol–water partition coefficient (Wildman–Crippen LogP) is 4.47. The summed E-state index contributed by atoms with van der Waals surface area (Å²) in [5.41, 5.74) is 4.14. The average Bonchev–Trinajstić information content (AvgIpc) is 2.40. The van der Waals surface area contributed by atoms with Gasteiger partial charge in [0, 0.05) is 17.8 Å². The minimum absolute atomic E-state index is 0.551. The molecule has 0 bridgehead atoms. The van der Waals surface area contributed by atoms with Gasteiger partial charge in [0.1, 0.15) is 0 Å². The van der Waals surface area contributed by atoms with Crippen LogP contribution in [0.15, 0.2) is 30.3 Å². The lowest BCUT2D eigenvalue weighted by atomic mass is 10.1. The average molecular weight is 295 g/mol. The van der Waals surface area contributed by atoms with Crippen molar-refractivity contribution in [3.05, 3.63) is 51.6 Å². The van der Waals surface area contributed by atoms with Crippen LogP contribution in [0.3, 0.4) is 0 Å². The molecule has 0 aliphatic carbocycles. The molecule has 0 aliphatic rings. The highest BCUT2D eigenvalue weighted by Gasteiger charge is 2.06. The molecule has 1 aromatic heterocycles. The van der Waals surface area contributed by atoms with Crippen LogP contribution in [0.2, 0.25) is 10.0 Å². The van der Waals surface area contributed by atoms with Crippen molar-refractivity contribution >= 4 is 23.2 Å². The van der Waals surface area contributed by atoms with E-state index >= 15 is 0 Å². The van der Waals surface area contributed by atoms with Gasteiger partial charge in [-0.2, -0.15) is 0 Å². The summed E-state index contributed by atoms with van der Waals surface area (Å²) >= 11 is 12.0. The van der Waals surface area contributed by atoms with Gasteiger partial charge in [0.2, 0.25) is 0 Å². The Morgan fingerprint density at radius 3 is 2.53 bits per heavy atom. The lowest BCUT2D eigenvalue weighted by Crippen LogP contribution is -2.13. The van der Waals surface area contributed by atoms with Crippen LogP contribution in [-0.4, -0.2) is 11.5 Å². The molecule has 0 saturated carbocycles. The maximum atomic E-state index is 6.03. The summed E-state index contributed by atoms with van der Waals surface area (Å²) in [7, 11) is 0. The van der Waals surface area contributed by atoms with Crippen LogP contribution >= 0.6 is 23.2 Å². The van der Waals surface area contributed by atoms with E-state index in [1.165, 1.54) is 5.56 Å². The number of rotatable bonds is 4. The summed E-state index contributed by atoms with van der Waals surface area (Å²) in [5, 5.41) is 4.41. The summed E-state index contributed by atoms with van der Waals surface area (Å²) in [6.07, 6.45) is 0. The Bertz CT molecular complexity index is 582. The molecule has 1 heterocycles. The fourth-order valence-electron chi connectivity index (χ4n) is 1.85. The lowest BCUT2D eigenvalue weighted by Gasteiger charge is -2.09. The first kappa shape index (κ1) is 14.3. The Morgan fingerprint density at radius 2 is 1.89 bits per heavy atom. The SMILES string of the molecule is CCNCc1ccc(-c2ccc(Cl)c(Cl)c2)nc1C. The molecular formula is C15H16Cl2N2. The second kappa shape index (κ2) is 6.38. The largest absolute Gasteiger partial charge is 0.313 e. The molecule has 2 aromatic rings. The minimum Gasteiger partial charge on any atom is -0.313 e. The van der Waals surface area contributed by atoms with Crippen LogP contribution in [-0.2, 0) is 6.54 Å². The molecule has 0 spiro atoms. The van der Waals surface area contributed by atoms with Gasteiger partial charge in [-0.25, -0.2) is 0 Å². The molecule has 0 radical (unpaired) electrons. The zero-order valence-corrected chi connectivity index (χ0v) is 12.5. The molecule has 4 heteroatoms. The molecule has 0 aliphatic heterocycles. The number of hydrogen-bond acceptors (Lipinski definition) is 2. The van der Waals surface area contributed by atoms with Crippen LogP contribution in [0.25, 0.3) is 11.3 Å². The van der Waals surface area contributed by atoms with Gasteiger partial charge >= 0.3 is 0 Å². The van der Waals surface area contributed by atoms with Gasteiger partial charge < -0.3 is 5.32 Å². The zero-order chi connectivity index (χ0) is 13.8. The maximum absolute atomic E-state index is 6.03. The Balaban J connectivity index is 2.30. The Labute approximate surface area is 123 Å². The van der Waals surface area contributed by atoms with E-state index in [1.807, 2.05) is 25.1 Å². The van der Waals surface area contributed by atoms with Gasteiger partial charge in [-0.15, -0.1) is 0 Å². The standard InChI is InChI=1S/C15H16Cl2N2/c1-3-18-9-12-5-7-15(19-10(12)2)11-4-6-13(16)14(17)8-11/h4-8,18H,3,9H2,1-2H3. The maximum Gasteiger partial charge on any atom is 0.0705 e. The molecule has 0 amide bonds. The molecule has 19 heavy (non-hydrogen) atoms. The summed E-state index contributed by atoms with van der Waals surface area (Å²) in [4.78, 5) is 4.63.